The van der Waals surface area contributed by atoms with Gasteiger partial charge in [0.1, 0.15) is 17.6 Å². The van der Waals surface area contributed by atoms with Crippen molar-refractivity contribution in [3.8, 4) is 0 Å². The second kappa shape index (κ2) is 7.48. The Morgan fingerprint density at radius 2 is 1.83 bits per heavy atom. The third-order valence-corrected chi connectivity index (χ3v) is 4.83. The smallest absolute Gasteiger partial charge is 0.300 e. The van der Waals surface area contributed by atoms with Crippen LogP contribution < -0.4 is 4.90 Å². The van der Waals surface area contributed by atoms with E-state index in [1.54, 1.807) is 36.4 Å². The number of aliphatic hydroxyl groups excluding tert-OH is 1. The van der Waals surface area contributed by atoms with Crippen LogP contribution in [0, 0.1) is 5.82 Å². The highest BCUT2D eigenvalue weighted by Crippen LogP contribution is 2.41. The molecule has 0 saturated carbocycles. The van der Waals surface area contributed by atoms with Crippen LogP contribution in [0.4, 0.5) is 10.1 Å². The summed E-state index contributed by atoms with van der Waals surface area (Å²) in [5.74, 6) is -2.70. The Hall–Kier alpha value is -3.51. The zero-order valence-electron chi connectivity index (χ0n) is 14.9. The lowest BCUT2D eigenvalue weighted by molar-refractivity contribution is -0.132. The van der Waals surface area contributed by atoms with Gasteiger partial charge in [0.05, 0.1) is 11.3 Å². The van der Waals surface area contributed by atoms with Gasteiger partial charge in [-0.3, -0.25) is 19.5 Å². The minimum atomic E-state index is -1.02. The summed E-state index contributed by atoms with van der Waals surface area (Å²) in [4.78, 5) is 31.2. The molecule has 29 heavy (non-hydrogen) atoms. The van der Waals surface area contributed by atoms with E-state index in [9.17, 15) is 19.1 Å². The molecule has 2 heterocycles. The second-order valence-electron chi connectivity index (χ2n) is 6.41. The van der Waals surface area contributed by atoms with Crippen molar-refractivity contribution in [3.05, 3.63) is 101 Å². The molecule has 2 aromatic carbocycles. The third kappa shape index (κ3) is 3.39. The van der Waals surface area contributed by atoms with Gasteiger partial charge in [0.25, 0.3) is 11.7 Å². The predicted molar refractivity (Wildman–Crippen MR) is 107 cm³/mol. The highest BCUT2D eigenvalue weighted by molar-refractivity contribution is 6.51. The number of carbonyl (C=O) groups excluding carboxylic acids is 2. The van der Waals surface area contributed by atoms with Gasteiger partial charge in [0.2, 0.25) is 0 Å². The van der Waals surface area contributed by atoms with Crippen molar-refractivity contribution in [2.75, 3.05) is 4.90 Å². The van der Waals surface area contributed by atoms with Crippen LogP contribution in [-0.4, -0.2) is 21.8 Å². The van der Waals surface area contributed by atoms with Gasteiger partial charge in [-0.05, 0) is 42.5 Å². The number of anilines is 1. The summed E-state index contributed by atoms with van der Waals surface area (Å²) in [6, 6.07) is 15.7. The maximum absolute atomic E-state index is 13.8. The third-order valence-electron chi connectivity index (χ3n) is 4.60. The summed E-state index contributed by atoms with van der Waals surface area (Å²) < 4.78 is 13.8. The van der Waals surface area contributed by atoms with Crippen LogP contribution in [0.15, 0.2) is 78.5 Å². The molecule has 1 fully saturated rings. The van der Waals surface area contributed by atoms with Crippen LogP contribution in [-0.2, 0) is 9.59 Å². The molecule has 7 heteroatoms. The Morgan fingerprint density at radius 3 is 2.52 bits per heavy atom. The number of Topliss-reactive ketones (excluding diaryl/α,β-unsaturated/α-hetero) is 1. The topological polar surface area (TPSA) is 70.5 Å². The molecule has 0 spiro atoms. The zero-order chi connectivity index (χ0) is 20.5. The Kier molecular flexibility index (Phi) is 4.86. The van der Waals surface area contributed by atoms with E-state index < -0.39 is 23.5 Å². The predicted octanol–water partition coefficient (Wildman–Crippen LogP) is 4.50. The van der Waals surface area contributed by atoms with Crippen LogP contribution >= 0.6 is 11.6 Å². The lowest BCUT2D eigenvalue weighted by Gasteiger charge is -2.24. The maximum atomic E-state index is 13.8. The quantitative estimate of drug-likeness (QED) is 0.393. The van der Waals surface area contributed by atoms with Crippen molar-refractivity contribution in [1.82, 2.24) is 4.98 Å². The van der Waals surface area contributed by atoms with Gasteiger partial charge in [-0.2, -0.15) is 0 Å². The van der Waals surface area contributed by atoms with Crippen molar-refractivity contribution in [3.63, 3.8) is 0 Å². The fourth-order valence-electron chi connectivity index (χ4n) is 3.33. The number of benzene rings is 2. The molecule has 0 bridgehead atoms. The number of pyridine rings is 1. The van der Waals surface area contributed by atoms with Crippen LogP contribution in [0.3, 0.4) is 0 Å². The minimum Gasteiger partial charge on any atom is -0.507 e. The summed E-state index contributed by atoms with van der Waals surface area (Å²) in [7, 11) is 0. The highest BCUT2D eigenvalue weighted by atomic mass is 35.5. The zero-order valence-corrected chi connectivity index (χ0v) is 15.7. The average Bonchev–Trinajstić information content (AvgIpc) is 2.99. The van der Waals surface area contributed by atoms with E-state index in [0.29, 0.717) is 10.7 Å². The number of hydrogen-bond donors (Lipinski definition) is 1. The number of halogens is 2. The Balaban J connectivity index is 1.96. The summed E-state index contributed by atoms with van der Waals surface area (Å²) in [5.41, 5.74) is 0.698. The number of carbonyl (C=O) groups is 2. The molecule has 144 valence electrons. The Labute approximate surface area is 170 Å². The van der Waals surface area contributed by atoms with Crippen LogP contribution in [0.1, 0.15) is 17.3 Å². The van der Waals surface area contributed by atoms with Crippen molar-refractivity contribution in [2.24, 2.45) is 0 Å². The Bertz CT molecular complexity index is 1150. The summed E-state index contributed by atoms with van der Waals surface area (Å²) >= 11 is 6.01. The molecule has 1 atom stereocenters. The molecule has 5 nitrogen and oxygen atoms in total. The molecule has 4 rings (SSSR count). The van der Waals surface area contributed by atoms with E-state index in [1.165, 1.54) is 30.5 Å². The molecule has 0 aliphatic carbocycles. The average molecular weight is 409 g/mol. The van der Waals surface area contributed by atoms with Gasteiger partial charge in [-0.25, -0.2) is 4.39 Å². The number of ketones is 1. The van der Waals surface area contributed by atoms with Crippen LogP contribution in [0.25, 0.3) is 5.76 Å². The minimum absolute atomic E-state index is 0.139. The molecule has 1 aliphatic heterocycles. The number of rotatable bonds is 3. The molecular formula is C22H14ClFN2O3. The van der Waals surface area contributed by atoms with Crippen molar-refractivity contribution < 1.29 is 19.1 Å². The lowest BCUT2D eigenvalue weighted by atomic mass is 9.98. The monoisotopic (exact) mass is 408 g/mol. The van der Waals surface area contributed by atoms with E-state index in [0.717, 1.165) is 11.0 Å². The molecule has 1 aromatic heterocycles. The van der Waals surface area contributed by atoms with Gasteiger partial charge < -0.3 is 5.11 Å². The highest BCUT2D eigenvalue weighted by Gasteiger charge is 2.47. The standard InChI is InChI=1S/C22H14ClFN2O3/c23-14-6-3-5-13(11-14)20(27)18-19(17-9-1-2-10-25-17)26(22(29)21(18)28)16-8-4-7-15(24)12-16/h1-12,19,27H/b20-18+. The largest absolute Gasteiger partial charge is 0.507 e. The Morgan fingerprint density at radius 1 is 1.03 bits per heavy atom. The number of nitrogens with zero attached hydrogens (tertiary/aromatic N) is 2. The maximum Gasteiger partial charge on any atom is 0.300 e. The molecule has 1 unspecified atom stereocenters. The summed E-state index contributed by atoms with van der Waals surface area (Å²) in [6.45, 7) is 0. The van der Waals surface area contributed by atoms with Crippen molar-refractivity contribution >= 4 is 34.7 Å². The van der Waals surface area contributed by atoms with Crippen molar-refractivity contribution in [2.45, 2.75) is 6.04 Å². The van der Waals surface area contributed by atoms with E-state index >= 15 is 0 Å². The molecule has 0 radical (unpaired) electrons. The van der Waals surface area contributed by atoms with Gasteiger partial charge in [0.15, 0.2) is 0 Å². The molecule has 1 N–H and O–H groups in total. The molecule has 1 amide bonds. The fraction of sp³-hybridized carbons (Fsp3) is 0.0455. The molecule has 3 aromatic rings. The van der Waals surface area contributed by atoms with E-state index in [-0.39, 0.29) is 22.6 Å². The van der Waals surface area contributed by atoms with Crippen molar-refractivity contribution in [1.29, 1.82) is 0 Å². The van der Waals surface area contributed by atoms with E-state index in [2.05, 4.69) is 4.98 Å². The van der Waals surface area contributed by atoms with Crippen LogP contribution in [0.5, 0.6) is 0 Å². The normalized spacial score (nSPS) is 18.3. The van der Waals surface area contributed by atoms with Gasteiger partial charge in [0, 0.05) is 22.5 Å². The second-order valence-corrected chi connectivity index (χ2v) is 6.85. The van der Waals surface area contributed by atoms with Gasteiger partial charge in [-0.1, -0.05) is 35.9 Å². The fourth-order valence-corrected chi connectivity index (χ4v) is 3.52. The van der Waals surface area contributed by atoms with Gasteiger partial charge >= 0.3 is 0 Å². The molecular weight excluding hydrogens is 395 g/mol. The van der Waals surface area contributed by atoms with E-state index in [4.69, 9.17) is 11.6 Å². The SMILES string of the molecule is O=C1C(=O)N(c2cccc(F)c2)C(c2ccccn2)/C1=C(\O)c1cccc(Cl)c1. The molecule has 1 aliphatic rings. The number of amides is 1. The number of aromatic nitrogens is 1. The van der Waals surface area contributed by atoms with E-state index in [1.807, 2.05) is 0 Å². The number of hydrogen-bond acceptors (Lipinski definition) is 4. The first kappa shape index (κ1) is 18.8. The molecule has 1 saturated heterocycles. The lowest BCUT2D eigenvalue weighted by Crippen LogP contribution is -2.29. The first-order chi connectivity index (χ1) is 14.0. The first-order valence-corrected chi connectivity index (χ1v) is 9.08. The first-order valence-electron chi connectivity index (χ1n) is 8.71. The van der Waals surface area contributed by atoms with Crippen LogP contribution in [0.2, 0.25) is 5.02 Å². The number of aliphatic hydroxyl groups is 1. The summed E-state index contributed by atoms with van der Waals surface area (Å²) in [5, 5.41) is 11.3. The summed E-state index contributed by atoms with van der Waals surface area (Å²) in [6.07, 6.45) is 1.51. The van der Waals surface area contributed by atoms with Gasteiger partial charge in [-0.15, -0.1) is 0 Å².